The van der Waals surface area contributed by atoms with Crippen LogP contribution in [-0.2, 0) is 7.05 Å². The minimum Gasteiger partial charge on any atom is -0.394 e. The number of aliphatic hydroxyl groups excluding tert-OH is 1. The molecule has 1 aromatic carbocycles. The molecule has 1 aliphatic rings. The molecule has 29 heavy (non-hydrogen) atoms. The zero-order valence-corrected chi connectivity index (χ0v) is 16.6. The van der Waals surface area contributed by atoms with Crippen molar-refractivity contribution in [3.63, 3.8) is 0 Å². The molecule has 0 spiro atoms. The number of aromatic nitrogens is 4. The molecule has 0 unspecified atom stereocenters. The summed E-state index contributed by atoms with van der Waals surface area (Å²) in [6, 6.07) is 8.24. The van der Waals surface area contributed by atoms with E-state index in [0.717, 1.165) is 12.0 Å². The summed E-state index contributed by atoms with van der Waals surface area (Å²) in [4.78, 5) is 27.9. The van der Waals surface area contributed by atoms with Gasteiger partial charge in [0.1, 0.15) is 11.3 Å². The van der Waals surface area contributed by atoms with Gasteiger partial charge in [-0.1, -0.05) is 23.7 Å². The molecule has 1 saturated heterocycles. The third kappa shape index (κ3) is 3.68. The van der Waals surface area contributed by atoms with Crippen LogP contribution in [0.4, 0.5) is 0 Å². The van der Waals surface area contributed by atoms with Gasteiger partial charge >= 0.3 is 0 Å². The molecule has 1 amide bonds. The molecule has 8 nitrogen and oxygen atoms in total. The molecule has 1 aliphatic heterocycles. The normalized spacial score (nSPS) is 16.4. The Morgan fingerprint density at radius 3 is 2.72 bits per heavy atom. The van der Waals surface area contributed by atoms with Gasteiger partial charge in [-0.15, -0.1) is 0 Å². The smallest absolute Gasteiger partial charge is 0.284 e. The monoisotopic (exact) mass is 413 g/mol. The van der Waals surface area contributed by atoms with Crippen LogP contribution in [0.25, 0.3) is 16.9 Å². The summed E-state index contributed by atoms with van der Waals surface area (Å²) in [5, 5.41) is 18.7. The van der Waals surface area contributed by atoms with E-state index in [4.69, 9.17) is 11.6 Å². The Morgan fingerprint density at radius 2 is 2.07 bits per heavy atom. The SMILES string of the molecule is Cn1cc(-n2nc(-c3ccc(Cl)cc3)cc(C(=O)N3CCC[C@@H]3CO)c2=O)cn1. The number of likely N-dealkylation sites (tertiary alicyclic amines) is 1. The number of nitrogens with zero attached hydrogens (tertiary/aromatic N) is 5. The highest BCUT2D eigenvalue weighted by Crippen LogP contribution is 2.23. The van der Waals surface area contributed by atoms with Crippen molar-refractivity contribution in [2.45, 2.75) is 18.9 Å². The van der Waals surface area contributed by atoms with E-state index in [9.17, 15) is 14.7 Å². The average molecular weight is 414 g/mol. The van der Waals surface area contributed by atoms with Gasteiger partial charge in [0.05, 0.1) is 30.7 Å². The quantitative estimate of drug-likeness (QED) is 0.705. The third-order valence-corrected chi connectivity index (χ3v) is 5.32. The molecule has 4 rings (SSSR count). The van der Waals surface area contributed by atoms with E-state index < -0.39 is 11.5 Å². The fourth-order valence-corrected chi connectivity index (χ4v) is 3.68. The van der Waals surface area contributed by atoms with Crippen LogP contribution in [0.3, 0.4) is 0 Å². The molecular weight excluding hydrogens is 394 g/mol. The Hall–Kier alpha value is -2.97. The van der Waals surface area contributed by atoms with Gasteiger partial charge in [0.25, 0.3) is 11.5 Å². The first-order valence-electron chi connectivity index (χ1n) is 9.29. The number of carbonyl (C=O) groups excluding carboxylic acids is 1. The van der Waals surface area contributed by atoms with Gasteiger partial charge in [0.15, 0.2) is 0 Å². The predicted octanol–water partition coefficient (Wildman–Crippen LogP) is 1.88. The van der Waals surface area contributed by atoms with Crippen molar-refractivity contribution >= 4 is 17.5 Å². The Labute approximate surface area is 171 Å². The molecule has 2 aromatic heterocycles. The van der Waals surface area contributed by atoms with Gasteiger partial charge < -0.3 is 10.0 Å². The molecule has 1 fully saturated rings. The van der Waals surface area contributed by atoms with Gasteiger partial charge in [-0.2, -0.15) is 14.9 Å². The number of amides is 1. The number of rotatable bonds is 4. The lowest BCUT2D eigenvalue weighted by molar-refractivity contribution is 0.0675. The second-order valence-electron chi connectivity index (χ2n) is 7.02. The largest absolute Gasteiger partial charge is 0.394 e. The molecule has 0 radical (unpaired) electrons. The second-order valence-corrected chi connectivity index (χ2v) is 7.45. The van der Waals surface area contributed by atoms with E-state index in [-0.39, 0.29) is 18.2 Å². The zero-order valence-electron chi connectivity index (χ0n) is 15.8. The Bertz CT molecular complexity index is 1110. The lowest BCUT2D eigenvalue weighted by atomic mass is 10.1. The third-order valence-electron chi connectivity index (χ3n) is 5.07. The minimum absolute atomic E-state index is 0.00848. The van der Waals surface area contributed by atoms with E-state index in [1.165, 1.54) is 16.9 Å². The summed E-state index contributed by atoms with van der Waals surface area (Å²) in [5.74, 6) is -0.401. The zero-order chi connectivity index (χ0) is 20.5. The lowest BCUT2D eigenvalue weighted by Gasteiger charge is -2.23. The molecule has 1 N–H and O–H groups in total. The number of hydrogen-bond acceptors (Lipinski definition) is 5. The van der Waals surface area contributed by atoms with E-state index in [1.807, 2.05) is 0 Å². The van der Waals surface area contributed by atoms with Crippen LogP contribution >= 0.6 is 11.6 Å². The molecule has 150 valence electrons. The fourth-order valence-electron chi connectivity index (χ4n) is 3.55. The predicted molar refractivity (Wildman–Crippen MR) is 108 cm³/mol. The van der Waals surface area contributed by atoms with Crippen LogP contribution in [0, 0.1) is 0 Å². The molecule has 3 aromatic rings. The summed E-state index contributed by atoms with van der Waals surface area (Å²) in [6.45, 7) is 0.382. The first-order chi connectivity index (χ1) is 14.0. The molecular formula is C20H20ClN5O3. The minimum atomic E-state index is -0.524. The summed E-state index contributed by atoms with van der Waals surface area (Å²) in [5.41, 5.74) is 1.13. The Balaban J connectivity index is 1.87. The Kier molecular flexibility index (Phi) is 5.21. The summed E-state index contributed by atoms with van der Waals surface area (Å²) < 4.78 is 2.75. The Morgan fingerprint density at radius 1 is 1.31 bits per heavy atom. The second kappa shape index (κ2) is 7.81. The highest BCUT2D eigenvalue weighted by Gasteiger charge is 2.31. The van der Waals surface area contributed by atoms with Crippen LogP contribution in [0.15, 0.2) is 47.5 Å². The molecule has 0 bridgehead atoms. The van der Waals surface area contributed by atoms with Crippen molar-refractivity contribution in [2.24, 2.45) is 7.05 Å². The van der Waals surface area contributed by atoms with Crippen LogP contribution in [0.5, 0.6) is 0 Å². The van der Waals surface area contributed by atoms with Crippen molar-refractivity contribution in [1.29, 1.82) is 0 Å². The van der Waals surface area contributed by atoms with Crippen molar-refractivity contribution in [1.82, 2.24) is 24.5 Å². The van der Waals surface area contributed by atoms with Crippen LogP contribution in [0.1, 0.15) is 23.2 Å². The molecule has 0 aliphatic carbocycles. The first-order valence-corrected chi connectivity index (χ1v) is 9.67. The van der Waals surface area contributed by atoms with Gasteiger partial charge in [-0.05, 0) is 31.0 Å². The number of halogens is 1. The topological polar surface area (TPSA) is 93.3 Å². The highest BCUT2D eigenvalue weighted by molar-refractivity contribution is 6.30. The van der Waals surface area contributed by atoms with Gasteiger partial charge in [0, 0.05) is 24.2 Å². The van der Waals surface area contributed by atoms with Gasteiger partial charge in [-0.3, -0.25) is 14.3 Å². The van der Waals surface area contributed by atoms with Gasteiger partial charge in [-0.25, -0.2) is 0 Å². The number of aliphatic hydroxyl groups is 1. The molecule has 1 atom stereocenters. The van der Waals surface area contributed by atoms with Crippen molar-refractivity contribution in [2.75, 3.05) is 13.2 Å². The maximum atomic E-state index is 13.2. The van der Waals surface area contributed by atoms with Crippen molar-refractivity contribution < 1.29 is 9.90 Å². The lowest BCUT2D eigenvalue weighted by Crippen LogP contribution is -2.41. The van der Waals surface area contributed by atoms with Crippen LogP contribution < -0.4 is 5.56 Å². The maximum Gasteiger partial charge on any atom is 0.284 e. The number of hydrogen-bond donors (Lipinski definition) is 1. The standard InChI is InChI=1S/C20H20ClN5O3/c1-24-11-16(10-22-24)26-20(29)17(19(28)25-8-2-3-15(25)12-27)9-18(23-26)13-4-6-14(21)7-5-13/h4-7,9-11,15,27H,2-3,8,12H2,1H3/t15-/m1/s1. The molecule has 9 heteroatoms. The highest BCUT2D eigenvalue weighted by atomic mass is 35.5. The van der Waals surface area contributed by atoms with Gasteiger partial charge in [0.2, 0.25) is 0 Å². The van der Waals surface area contributed by atoms with E-state index in [1.54, 1.807) is 47.1 Å². The molecule has 3 heterocycles. The van der Waals surface area contributed by atoms with Crippen LogP contribution in [-0.4, -0.2) is 54.7 Å². The van der Waals surface area contributed by atoms with E-state index in [2.05, 4.69) is 10.2 Å². The summed E-state index contributed by atoms with van der Waals surface area (Å²) in [6.07, 6.45) is 4.68. The average Bonchev–Trinajstić information content (AvgIpc) is 3.37. The maximum absolute atomic E-state index is 13.2. The summed E-state index contributed by atoms with van der Waals surface area (Å²) in [7, 11) is 1.74. The number of carbonyl (C=O) groups is 1. The number of benzene rings is 1. The van der Waals surface area contributed by atoms with Crippen molar-refractivity contribution in [3.05, 3.63) is 63.7 Å². The first kappa shape index (κ1) is 19.4. The van der Waals surface area contributed by atoms with E-state index in [0.29, 0.717) is 29.4 Å². The van der Waals surface area contributed by atoms with Crippen molar-refractivity contribution in [3.8, 4) is 16.9 Å². The number of aryl methyl sites for hydroxylation is 1. The fraction of sp³-hybridized carbons (Fsp3) is 0.300. The van der Waals surface area contributed by atoms with Crippen LogP contribution in [0.2, 0.25) is 5.02 Å². The van der Waals surface area contributed by atoms with E-state index >= 15 is 0 Å². The molecule has 0 saturated carbocycles. The summed E-state index contributed by atoms with van der Waals surface area (Å²) >= 11 is 5.98.